The van der Waals surface area contributed by atoms with Crippen LogP contribution in [0.2, 0.25) is 0 Å². The maximum atomic E-state index is 10.4. The Balaban J connectivity index is 1.77. The Morgan fingerprint density at radius 2 is 1.90 bits per heavy atom. The predicted molar refractivity (Wildman–Crippen MR) is 87.4 cm³/mol. The standard InChI is InChI=1S/C18H35NO2/c1-5-18(2,3)15-8-9-17(20)16(12-15)19(4)10-11-21-13-14-6-7-14/h14-17,20H,5-13H2,1-4H3. The third-order valence-electron chi connectivity index (χ3n) is 6.00. The molecule has 0 aromatic heterocycles. The van der Waals surface area contributed by atoms with E-state index >= 15 is 0 Å². The van der Waals surface area contributed by atoms with Gasteiger partial charge >= 0.3 is 0 Å². The first-order valence-corrected chi connectivity index (χ1v) is 8.90. The summed E-state index contributed by atoms with van der Waals surface area (Å²) in [5.41, 5.74) is 0.391. The van der Waals surface area contributed by atoms with Crippen LogP contribution in [-0.4, -0.2) is 49.0 Å². The first kappa shape index (κ1) is 17.2. The highest BCUT2D eigenvalue weighted by molar-refractivity contribution is 4.91. The fourth-order valence-corrected chi connectivity index (χ4v) is 3.51. The summed E-state index contributed by atoms with van der Waals surface area (Å²) in [5, 5.41) is 10.4. The average Bonchev–Trinajstić information content (AvgIpc) is 3.27. The minimum absolute atomic E-state index is 0.165. The van der Waals surface area contributed by atoms with E-state index in [1.807, 2.05) is 0 Å². The Morgan fingerprint density at radius 3 is 2.52 bits per heavy atom. The molecule has 0 aromatic rings. The van der Waals surface area contributed by atoms with Crippen molar-refractivity contribution in [1.82, 2.24) is 4.90 Å². The molecule has 21 heavy (non-hydrogen) atoms. The fraction of sp³-hybridized carbons (Fsp3) is 1.00. The van der Waals surface area contributed by atoms with Crippen molar-refractivity contribution in [1.29, 1.82) is 0 Å². The largest absolute Gasteiger partial charge is 0.391 e. The molecule has 3 nitrogen and oxygen atoms in total. The van der Waals surface area contributed by atoms with E-state index in [2.05, 4.69) is 32.7 Å². The van der Waals surface area contributed by atoms with Gasteiger partial charge in [-0.1, -0.05) is 27.2 Å². The lowest BCUT2D eigenvalue weighted by molar-refractivity contribution is -0.0205. The van der Waals surface area contributed by atoms with E-state index in [0.717, 1.165) is 44.4 Å². The number of aliphatic hydroxyl groups is 1. The monoisotopic (exact) mass is 297 g/mol. The number of likely N-dealkylation sites (N-methyl/N-ethyl adjacent to an activating group) is 1. The molecule has 0 radical (unpaired) electrons. The summed E-state index contributed by atoms with van der Waals surface area (Å²) < 4.78 is 5.75. The summed E-state index contributed by atoms with van der Waals surface area (Å²) in [6, 6.07) is 0.305. The van der Waals surface area contributed by atoms with Crippen LogP contribution in [0.1, 0.15) is 59.3 Å². The highest BCUT2D eigenvalue weighted by atomic mass is 16.5. The van der Waals surface area contributed by atoms with Gasteiger partial charge in [0.05, 0.1) is 12.7 Å². The molecule has 2 aliphatic carbocycles. The van der Waals surface area contributed by atoms with Gasteiger partial charge in [0.2, 0.25) is 0 Å². The van der Waals surface area contributed by atoms with E-state index in [4.69, 9.17) is 4.74 Å². The summed E-state index contributed by atoms with van der Waals surface area (Å²) in [6.07, 6.45) is 7.00. The van der Waals surface area contributed by atoms with Gasteiger partial charge in [0.15, 0.2) is 0 Å². The van der Waals surface area contributed by atoms with Crippen molar-refractivity contribution in [2.24, 2.45) is 17.3 Å². The molecule has 0 amide bonds. The molecule has 0 aliphatic heterocycles. The van der Waals surface area contributed by atoms with E-state index < -0.39 is 0 Å². The number of rotatable bonds is 8. The van der Waals surface area contributed by atoms with Gasteiger partial charge in [-0.05, 0) is 56.4 Å². The zero-order valence-electron chi connectivity index (χ0n) is 14.5. The molecule has 0 saturated heterocycles. The van der Waals surface area contributed by atoms with E-state index in [9.17, 15) is 5.11 Å². The zero-order chi connectivity index (χ0) is 15.5. The molecular weight excluding hydrogens is 262 g/mol. The number of ether oxygens (including phenoxy) is 1. The SMILES string of the molecule is CCC(C)(C)C1CCC(O)C(N(C)CCOCC2CC2)C1. The average molecular weight is 297 g/mol. The van der Waals surface area contributed by atoms with Crippen LogP contribution in [0.4, 0.5) is 0 Å². The van der Waals surface area contributed by atoms with Gasteiger partial charge in [0, 0.05) is 19.2 Å². The second-order valence-electron chi connectivity index (χ2n) is 7.99. The van der Waals surface area contributed by atoms with Crippen LogP contribution in [0.25, 0.3) is 0 Å². The van der Waals surface area contributed by atoms with Gasteiger partial charge in [0.25, 0.3) is 0 Å². The smallest absolute Gasteiger partial charge is 0.0695 e. The maximum Gasteiger partial charge on any atom is 0.0695 e. The lowest BCUT2D eigenvalue weighted by Gasteiger charge is -2.44. The Kier molecular flexibility index (Phi) is 6.10. The van der Waals surface area contributed by atoms with Crippen molar-refractivity contribution < 1.29 is 9.84 Å². The molecule has 2 saturated carbocycles. The molecular formula is C18H35NO2. The van der Waals surface area contributed by atoms with Crippen LogP contribution in [0, 0.1) is 17.3 Å². The summed E-state index contributed by atoms with van der Waals surface area (Å²) >= 11 is 0. The topological polar surface area (TPSA) is 32.7 Å². The Hall–Kier alpha value is -0.120. The van der Waals surface area contributed by atoms with Crippen molar-refractivity contribution in [3.8, 4) is 0 Å². The molecule has 2 rings (SSSR count). The lowest BCUT2D eigenvalue weighted by atomic mass is 9.67. The van der Waals surface area contributed by atoms with Crippen LogP contribution in [0.15, 0.2) is 0 Å². The molecule has 3 unspecified atom stereocenters. The Morgan fingerprint density at radius 1 is 1.19 bits per heavy atom. The summed E-state index contributed by atoms with van der Waals surface area (Å²) in [7, 11) is 2.15. The predicted octanol–water partition coefficient (Wildman–Crippen LogP) is 3.31. The zero-order valence-corrected chi connectivity index (χ0v) is 14.5. The number of hydrogen-bond donors (Lipinski definition) is 1. The molecule has 0 heterocycles. The number of hydrogen-bond acceptors (Lipinski definition) is 3. The van der Waals surface area contributed by atoms with Crippen molar-refractivity contribution in [3.05, 3.63) is 0 Å². The minimum Gasteiger partial charge on any atom is -0.391 e. The second kappa shape index (κ2) is 7.43. The van der Waals surface area contributed by atoms with Gasteiger partial charge in [0.1, 0.15) is 0 Å². The highest BCUT2D eigenvalue weighted by Crippen LogP contribution is 2.41. The first-order chi connectivity index (χ1) is 9.94. The number of nitrogens with zero attached hydrogens (tertiary/aromatic N) is 1. The second-order valence-corrected chi connectivity index (χ2v) is 7.99. The Labute approximate surface area is 131 Å². The Bertz CT molecular complexity index is 314. The highest BCUT2D eigenvalue weighted by Gasteiger charge is 2.38. The van der Waals surface area contributed by atoms with Gasteiger partial charge < -0.3 is 9.84 Å². The molecule has 1 N–H and O–H groups in total. The van der Waals surface area contributed by atoms with Crippen molar-refractivity contribution in [2.45, 2.75) is 71.4 Å². The maximum absolute atomic E-state index is 10.4. The van der Waals surface area contributed by atoms with Crippen LogP contribution in [-0.2, 0) is 4.74 Å². The molecule has 0 bridgehead atoms. The van der Waals surface area contributed by atoms with E-state index in [1.54, 1.807) is 0 Å². The van der Waals surface area contributed by atoms with Crippen molar-refractivity contribution in [2.75, 3.05) is 26.8 Å². The van der Waals surface area contributed by atoms with E-state index in [1.165, 1.54) is 25.7 Å². The number of aliphatic hydroxyl groups excluding tert-OH is 1. The molecule has 2 fully saturated rings. The molecule has 3 heteroatoms. The van der Waals surface area contributed by atoms with Gasteiger partial charge in [-0.2, -0.15) is 0 Å². The minimum atomic E-state index is -0.165. The summed E-state index contributed by atoms with van der Waals surface area (Å²) in [5.74, 6) is 1.57. The quantitative estimate of drug-likeness (QED) is 0.698. The van der Waals surface area contributed by atoms with Crippen molar-refractivity contribution in [3.63, 3.8) is 0 Å². The van der Waals surface area contributed by atoms with Crippen LogP contribution in [0.3, 0.4) is 0 Å². The van der Waals surface area contributed by atoms with E-state index in [0.29, 0.717) is 11.5 Å². The normalized spacial score (nSPS) is 30.9. The summed E-state index contributed by atoms with van der Waals surface area (Å²) in [6.45, 7) is 9.73. The third kappa shape index (κ3) is 4.94. The molecule has 0 spiro atoms. The molecule has 124 valence electrons. The molecule has 0 aromatic carbocycles. The van der Waals surface area contributed by atoms with Crippen LogP contribution >= 0.6 is 0 Å². The van der Waals surface area contributed by atoms with Gasteiger partial charge in [-0.3, -0.25) is 4.90 Å². The van der Waals surface area contributed by atoms with Crippen LogP contribution < -0.4 is 0 Å². The van der Waals surface area contributed by atoms with Gasteiger partial charge in [-0.15, -0.1) is 0 Å². The van der Waals surface area contributed by atoms with E-state index in [-0.39, 0.29) is 6.10 Å². The van der Waals surface area contributed by atoms with Gasteiger partial charge in [-0.25, -0.2) is 0 Å². The lowest BCUT2D eigenvalue weighted by Crippen LogP contribution is -2.48. The third-order valence-corrected chi connectivity index (χ3v) is 6.00. The fourth-order valence-electron chi connectivity index (χ4n) is 3.51. The van der Waals surface area contributed by atoms with Crippen LogP contribution in [0.5, 0.6) is 0 Å². The molecule has 3 atom stereocenters. The summed E-state index contributed by atoms with van der Waals surface area (Å²) in [4.78, 5) is 2.33. The molecule has 2 aliphatic rings. The van der Waals surface area contributed by atoms with Crippen molar-refractivity contribution >= 4 is 0 Å². The first-order valence-electron chi connectivity index (χ1n) is 8.90.